The molecular weight excluding hydrogens is 446 g/mol. The van der Waals surface area contributed by atoms with Crippen molar-refractivity contribution in [1.82, 2.24) is 5.32 Å². The van der Waals surface area contributed by atoms with Gasteiger partial charge < -0.3 is 40.3 Å². The summed E-state index contributed by atoms with van der Waals surface area (Å²) in [4.78, 5) is 24.4. The highest BCUT2D eigenvalue weighted by molar-refractivity contribution is 6.35. The number of rotatable bonds is 6. The third-order valence-corrected chi connectivity index (χ3v) is 5.56. The highest BCUT2D eigenvalue weighted by atomic mass is 35.5. The van der Waals surface area contributed by atoms with Crippen LogP contribution in [-0.4, -0.2) is 80.3 Å². The van der Waals surface area contributed by atoms with Crippen LogP contribution in [-0.2, 0) is 14.3 Å². The number of ether oxygens (including phenoxy) is 2. The van der Waals surface area contributed by atoms with E-state index in [9.17, 15) is 30.0 Å². The van der Waals surface area contributed by atoms with Gasteiger partial charge in [0.2, 0.25) is 5.91 Å². The maximum absolute atomic E-state index is 12.9. The van der Waals surface area contributed by atoms with E-state index < -0.39 is 61.1 Å². The van der Waals surface area contributed by atoms with Crippen LogP contribution in [0.5, 0.6) is 5.75 Å². The Bertz CT molecular complexity index is 1000. The van der Waals surface area contributed by atoms with Crippen LogP contribution in [0.4, 0.5) is 0 Å². The lowest BCUT2D eigenvalue weighted by molar-refractivity contribution is -0.293. The third kappa shape index (κ3) is 4.86. The minimum absolute atomic E-state index is 0.0676. The molecular formula is C21H24ClNO9. The Kier molecular flexibility index (Phi) is 7.36. The minimum atomic E-state index is -2.73. The van der Waals surface area contributed by atoms with Gasteiger partial charge in [0.1, 0.15) is 24.1 Å². The molecule has 1 aliphatic rings. The zero-order chi connectivity index (χ0) is 23.6. The third-order valence-electron chi connectivity index (χ3n) is 5.23. The normalized spacial score (nSPS) is 27.5. The Morgan fingerprint density at radius 1 is 1.25 bits per heavy atom. The first-order valence-corrected chi connectivity index (χ1v) is 10.2. The highest BCUT2D eigenvalue weighted by Gasteiger charge is 2.54. The standard InChI is InChI=1S/C21H24ClNO9/c1-10(25)23-17-14(26)8-21(30,32-19(17)18(28)15(27)9-24)20(29)31-16-7-6-13(22)11-4-2-3-5-12(11)16/h2-7,14-15,17-19,24,26-28,30H,8-9H2,1H3,(H,23,25)/t14-,15+,17+,18+,19+,21-/m0/s1. The van der Waals surface area contributed by atoms with Crippen LogP contribution in [0.25, 0.3) is 10.8 Å². The number of esters is 1. The number of halogens is 1. The second kappa shape index (κ2) is 9.67. The van der Waals surface area contributed by atoms with E-state index in [1.165, 1.54) is 12.1 Å². The van der Waals surface area contributed by atoms with Crippen molar-refractivity contribution in [1.29, 1.82) is 0 Å². The van der Waals surface area contributed by atoms with Gasteiger partial charge in [0.25, 0.3) is 5.79 Å². The number of fused-ring (bicyclic) bond motifs is 1. The summed E-state index contributed by atoms with van der Waals surface area (Å²) in [7, 11) is 0. The predicted molar refractivity (Wildman–Crippen MR) is 112 cm³/mol. The number of hydrogen-bond donors (Lipinski definition) is 6. The Morgan fingerprint density at radius 2 is 1.91 bits per heavy atom. The fourth-order valence-corrected chi connectivity index (χ4v) is 3.86. The molecule has 0 aliphatic carbocycles. The molecule has 11 heteroatoms. The van der Waals surface area contributed by atoms with Crippen molar-refractivity contribution in [3.05, 3.63) is 41.4 Å². The SMILES string of the molecule is CC(=O)N[C@H]1[C@H]([C@H](O)[C@H](O)CO)O[C@](O)(C(=O)Oc2ccc(Cl)c3ccccc23)C[C@@H]1O. The fourth-order valence-electron chi connectivity index (χ4n) is 3.63. The van der Waals surface area contributed by atoms with E-state index in [0.717, 1.165) is 6.92 Å². The number of amides is 1. The quantitative estimate of drug-likeness (QED) is 0.240. The topological polar surface area (TPSA) is 166 Å². The monoisotopic (exact) mass is 469 g/mol. The molecule has 2 aromatic carbocycles. The van der Waals surface area contributed by atoms with E-state index in [1.807, 2.05) is 0 Å². The molecule has 0 radical (unpaired) electrons. The number of aliphatic hydroxyl groups excluding tert-OH is 4. The van der Waals surface area contributed by atoms with Gasteiger partial charge in [-0.25, -0.2) is 4.79 Å². The van der Waals surface area contributed by atoms with Gasteiger partial charge in [0, 0.05) is 29.1 Å². The van der Waals surface area contributed by atoms with Gasteiger partial charge in [-0.2, -0.15) is 0 Å². The predicted octanol–water partition coefficient (Wildman–Crippen LogP) is -0.544. The molecule has 0 bridgehead atoms. The largest absolute Gasteiger partial charge is 0.422 e. The van der Waals surface area contributed by atoms with Gasteiger partial charge >= 0.3 is 5.97 Å². The molecule has 6 N–H and O–H groups in total. The van der Waals surface area contributed by atoms with Crippen molar-refractivity contribution >= 4 is 34.2 Å². The zero-order valence-electron chi connectivity index (χ0n) is 17.0. The number of nitrogens with one attached hydrogen (secondary N) is 1. The van der Waals surface area contributed by atoms with Crippen LogP contribution in [0, 0.1) is 0 Å². The first-order valence-electron chi connectivity index (χ1n) is 9.79. The molecule has 32 heavy (non-hydrogen) atoms. The van der Waals surface area contributed by atoms with Crippen molar-refractivity contribution in [3.8, 4) is 5.75 Å². The van der Waals surface area contributed by atoms with Gasteiger partial charge in [-0.3, -0.25) is 4.79 Å². The van der Waals surface area contributed by atoms with Gasteiger partial charge in [-0.15, -0.1) is 0 Å². The molecule has 1 heterocycles. The first-order chi connectivity index (χ1) is 15.1. The molecule has 1 amide bonds. The number of carbonyl (C=O) groups excluding carboxylic acids is 2. The Morgan fingerprint density at radius 3 is 2.53 bits per heavy atom. The van der Waals surface area contributed by atoms with E-state index >= 15 is 0 Å². The van der Waals surface area contributed by atoms with Crippen LogP contribution >= 0.6 is 11.6 Å². The average Bonchev–Trinajstić information content (AvgIpc) is 2.76. The second-order valence-corrected chi connectivity index (χ2v) is 7.99. The van der Waals surface area contributed by atoms with Crippen molar-refractivity contribution in [2.75, 3.05) is 6.61 Å². The van der Waals surface area contributed by atoms with Crippen LogP contribution in [0.3, 0.4) is 0 Å². The number of aliphatic hydroxyl groups is 5. The fraction of sp³-hybridized carbons (Fsp3) is 0.429. The molecule has 0 unspecified atom stereocenters. The molecule has 0 saturated carbocycles. The van der Waals surface area contributed by atoms with Crippen molar-refractivity contribution < 1.29 is 44.6 Å². The lowest BCUT2D eigenvalue weighted by Crippen LogP contribution is -2.67. The Labute approximate surface area is 187 Å². The van der Waals surface area contributed by atoms with Crippen molar-refractivity contribution in [2.45, 2.75) is 49.6 Å². The molecule has 1 saturated heterocycles. The molecule has 0 spiro atoms. The Hall–Kier alpha value is -2.31. The molecule has 3 rings (SSSR count). The van der Waals surface area contributed by atoms with Crippen molar-refractivity contribution in [2.24, 2.45) is 0 Å². The average molecular weight is 470 g/mol. The summed E-state index contributed by atoms with van der Waals surface area (Å²) in [6, 6.07) is 8.46. The molecule has 1 fully saturated rings. The first kappa shape index (κ1) is 24.3. The van der Waals surface area contributed by atoms with Crippen LogP contribution < -0.4 is 10.1 Å². The van der Waals surface area contributed by atoms with Gasteiger partial charge in [0.15, 0.2) is 0 Å². The smallest absolute Gasteiger partial charge is 0.372 e. The summed E-state index contributed by atoms with van der Waals surface area (Å²) < 4.78 is 10.7. The maximum Gasteiger partial charge on any atom is 0.372 e. The molecule has 1 aliphatic heterocycles. The van der Waals surface area contributed by atoms with Gasteiger partial charge in [-0.05, 0) is 12.1 Å². The molecule has 6 atom stereocenters. The Balaban J connectivity index is 1.90. The molecule has 174 valence electrons. The summed E-state index contributed by atoms with van der Waals surface area (Å²) in [6.07, 6.45) is -7.49. The summed E-state index contributed by atoms with van der Waals surface area (Å²) >= 11 is 6.16. The number of benzene rings is 2. The van der Waals surface area contributed by atoms with Crippen molar-refractivity contribution in [3.63, 3.8) is 0 Å². The minimum Gasteiger partial charge on any atom is -0.422 e. The summed E-state index contributed by atoms with van der Waals surface area (Å²) in [5.41, 5.74) is 0. The molecule has 0 aromatic heterocycles. The second-order valence-electron chi connectivity index (χ2n) is 7.59. The number of hydrogen-bond acceptors (Lipinski definition) is 9. The van der Waals surface area contributed by atoms with E-state index in [1.54, 1.807) is 24.3 Å². The lowest BCUT2D eigenvalue weighted by Gasteiger charge is -2.45. The highest BCUT2D eigenvalue weighted by Crippen LogP contribution is 2.35. The van der Waals surface area contributed by atoms with Gasteiger partial charge in [-0.1, -0.05) is 35.9 Å². The van der Waals surface area contributed by atoms with E-state index in [0.29, 0.717) is 15.8 Å². The van der Waals surface area contributed by atoms with Crippen LogP contribution in [0.1, 0.15) is 13.3 Å². The van der Waals surface area contributed by atoms with E-state index in [4.69, 9.17) is 26.2 Å². The number of carbonyl (C=O) groups is 2. The van der Waals surface area contributed by atoms with E-state index in [-0.39, 0.29) is 5.75 Å². The summed E-state index contributed by atoms with van der Waals surface area (Å²) in [6.45, 7) is 0.281. The summed E-state index contributed by atoms with van der Waals surface area (Å²) in [5.74, 6) is -4.54. The van der Waals surface area contributed by atoms with Crippen LogP contribution in [0.15, 0.2) is 36.4 Å². The molecule has 10 nitrogen and oxygen atoms in total. The lowest BCUT2D eigenvalue weighted by atomic mass is 9.88. The van der Waals surface area contributed by atoms with Crippen LogP contribution in [0.2, 0.25) is 5.02 Å². The zero-order valence-corrected chi connectivity index (χ0v) is 17.8. The molecule has 2 aromatic rings. The van der Waals surface area contributed by atoms with Gasteiger partial charge in [0.05, 0.1) is 18.8 Å². The van der Waals surface area contributed by atoms with E-state index in [2.05, 4.69) is 5.32 Å². The maximum atomic E-state index is 12.9. The summed E-state index contributed by atoms with van der Waals surface area (Å²) in [5, 5.41) is 54.6.